The number of hydrogen-bond acceptors (Lipinski definition) is 2. The summed E-state index contributed by atoms with van der Waals surface area (Å²) in [5, 5.41) is 3.24. The van der Waals surface area contributed by atoms with Gasteiger partial charge in [0.1, 0.15) is 0 Å². The van der Waals surface area contributed by atoms with Crippen molar-refractivity contribution in [1.29, 1.82) is 0 Å². The van der Waals surface area contributed by atoms with Crippen molar-refractivity contribution in [3.05, 3.63) is 34.3 Å². The fourth-order valence-corrected chi connectivity index (χ4v) is 3.79. The first kappa shape index (κ1) is 15.5. The summed E-state index contributed by atoms with van der Waals surface area (Å²) < 4.78 is 1.03. The highest BCUT2D eigenvalue weighted by Crippen LogP contribution is 2.42. The van der Waals surface area contributed by atoms with E-state index in [2.05, 4.69) is 33.4 Å². The number of hydrogen-bond donors (Lipinski definition) is 1. The van der Waals surface area contributed by atoms with Crippen molar-refractivity contribution in [2.75, 3.05) is 13.1 Å². The molecule has 1 aliphatic heterocycles. The minimum atomic E-state index is -0.246. The van der Waals surface area contributed by atoms with Gasteiger partial charge >= 0.3 is 0 Å². The predicted octanol–water partition coefficient (Wildman–Crippen LogP) is 2.81. The number of carbonyl (C=O) groups excluding carboxylic acids is 2. The Morgan fingerprint density at radius 2 is 2.23 bits per heavy atom. The zero-order valence-corrected chi connectivity index (χ0v) is 14.4. The van der Waals surface area contributed by atoms with Gasteiger partial charge in [0, 0.05) is 24.0 Å². The second-order valence-electron chi connectivity index (χ2n) is 6.27. The molecule has 0 radical (unpaired) electrons. The van der Waals surface area contributed by atoms with E-state index in [9.17, 15) is 9.59 Å². The molecule has 2 amide bonds. The molecule has 1 atom stereocenters. The summed E-state index contributed by atoms with van der Waals surface area (Å²) in [4.78, 5) is 26.2. The maximum absolute atomic E-state index is 12.6. The Balaban J connectivity index is 1.73. The highest BCUT2D eigenvalue weighted by atomic mass is 79.9. The van der Waals surface area contributed by atoms with Gasteiger partial charge in [-0.1, -0.05) is 28.1 Å². The number of nitrogens with zero attached hydrogens (tertiary/aromatic N) is 1. The summed E-state index contributed by atoms with van der Waals surface area (Å²) in [5.41, 5.74) is 0.905. The van der Waals surface area contributed by atoms with Gasteiger partial charge in [0.05, 0.1) is 11.5 Å². The molecule has 4 nitrogen and oxygen atoms in total. The molecule has 2 fully saturated rings. The predicted molar refractivity (Wildman–Crippen MR) is 88.2 cm³/mol. The quantitative estimate of drug-likeness (QED) is 0.892. The van der Waals surface area contributed by atoms with Crippen molar-refractivity contribution in [2.24, 2.45) is 5.92 Å². The minimum absolute atomic E-state index is 0.0176. The fraction of sp³-hybridized carbons (Fsp3) is 0.529. The van der Waals surface area contributed by atoms with E-state index < -0.39 is 0 Å². The van der Waals surface area contributed by atoms with Gasteiger partial charge in [-0.15, -0.1) is 0 Å². The molecule has 118 valence electrons. The van der Waals surface area contributed by atoms with Gasteiger partial charge < -0.3 is 10.2 Å². The second-order valence-corrected chi connectivity index (χ2v) is 7.18. The normalized spacial score (nSPS) is 23.3. The summed E-state index contributed by atoms with van der Waals surface area (Å²) in [6.07, 6.45) is 3.40. The van der Waals surface area contributed by atoms with E-state index in [-0.39, 0.29) is 23.3 Å². The summed E-state index contributed by atoms with van der Waals surface area (Å²) in [6, 6.07) is 8.15. The maximum Gasteiger partial charge on any atom is 0.226 e. The smallest absolute Gasteiger partial charge is 0.226 e. The van der Waals surface area contributed by atoms with Crippen LogP contribution in [-0.2, 0) is 15.1 Å². The molecule has 1 unspecified atom stereocenters. The lowest BCUT2D eigenvalue weighted by Crippen LogP contribution is -2.52. The molecule has 0 bridgehead atoms. The second kappa shape index (κ2) is 6.03. The summed E-state index contributed by atoms with van der Waals surface area (Å²) in [5.74, 6) is -0.103. The number of carbonyl (C=O) groups is 2. The first-order chi connectivity index (χ1) is 10.5. The molecular weight excluding hydrogens is 344 g/mol. The highest BCUT2D eigenvalue weighted by Gasteiger charge is 2.43. The van der Waals surface area contributed by atoms with Crippen molar-refractivity contribution < 1.29 is 9.59 Å². The topological polar surface area (TPSA) is 49.4 Å². The van der Waals surface area contributed by atoms with Gasteiger partial charge in [-0.05, 0) is 43.9 Å². The third kappa shape index (κ3) is 2.78. The third-order valence-corrected chi connectivity index (χ3v) is 5.41. The Hall–Kier alpha value is -1.36. The number of likely N-dealkylation sites (tertiary alicyclic amines) is 1. The number of benzene rings is 1. The number of amides is 2. The number of nitrogens with one attached hydrogen (secondary N) is 1. The van der Waals surface area contributed by atoms with Crippen molar-refractivity contribution in [2.45, 2.75) is 38.1 Å². The molecule has 5 heteroatoms. The number of halogens is 1. The van der Waals surface area contributed by atoms with Gasteiger partial charge in [0.25, 0.3) is 0 Å². The highest BCUT2D eigenvalue weighted by molar-refractivity contribution is 9.10. The molecular formula is C17H21BrN2O2. The average Bonchev–Trinajstić information content (AvgIpc) is 2.84. The Kier molecular flexibility index (Phi) is 4.26. The monoisotopic (exact) mass is 364 g/mol. The van der Waals surface area contributed by atoms with E-state index in [1.54, 1.807) is 4.90 Å². The van der Waals surface area contributed by atoms with Crippen LogP contribution in [0.25, 0.3) is 0 Å². The fourth-order valence-electron chi connectivity index (χ4n) is 3.39. The van der Waals surface area contributed by atoms with Crippen LogP contribution >= 0.6 is 15.9 Å². The first-order valence-electron chi connectivity index (χ1n) is 7.90. The number of rotatable bonds is 4. The average molecular weight is 365 g/mol. The molecule has 0 spiro atoms. The molecule has 2 aliphatic rings. The lowest BCUT2D eigenvalue weighted by atomic mass is 9.71. The molecule has 1 saturated carbocycles. The molecule has 22 heavy (non-hydrogen) atoms. The molecule has 3 rings (SSSR count). The third-order valence-electron chi connectivity index (χ3n) is 4.91. The van der Waals surface area contributed by atoms with Gasteiger partial charge in [-0.2, -0.15) is 0 Å². The molecule has 1 aliphatic carbocycles. The van der Waals surface area contributed by atoms with Crippen molar-refractivity contribution in [1.82, 2.24) is 10.2 Å². The molecule has 1 heterocycles. The largest absolute Gasteiger partial charge is 0.346 e. The van der Waals surface area contributed by atoms with Crippen LogP contribution in [-0.4, -0.2) is 29.8 Å². The van der Waals surface area contributed by atoms with Crippen LogP contribution in [0.1, 0.15) is 38.2 Å². The van der Waals surface area contributed by atoms with Crippen molar-refractivity contribution in [3.63, 3.8) is 0 Å². The molecule has 1 aromatic carbocycles. The first-order valence-corrected chi connectivity index (χ1v) is 8.69. The summed E-state index contributed by atoms with van der Waals surface area (Å²) >= 11 is 3.50. The molecule has 0 aromatic heterocycles. The zero-order valence-electron chi connectivity index (χ0n) is 12.8. The van der Waals surface area contributed by atoms with E-state index in [4.69, 9.17) is 0 Å². The van der Waals surface area contributed by atoms with Crippen LogP contribution in [0, 0.1) is 5.92 Å². The lowest BCUT2D eigenvalue weighted by Gasteiger charge is -2.43. The van der Waals surface area contributed by atoms with E-state index in [0.29, 0.717) is 19.5 Å². The Labute approximate surface area is 139 Å². The Bertz CT molecular complexity index is 598. The van der Waals surface area contributed by atoms with Crippen LogP contribution in [0.3, 0.4) is 0 Å². The van der Waals surface area contributed by atoms with Crippen molar-refractivity contribution >= 4 is 27.7 Å². The molecule has 1 saturated heterocycles. The van der Waals surface area contributed by atoms with Crippen molar-refractivity contribution in [3.8, 4) is 0 Å². The van der Waals surface area contributed by atoms with Crippen LogP contribution in [0.2, 0.25) is 0 Å². The molecule has 1 aromatic rings. The SMILES string of the molecule is CCN1CC(C(=O)NC2(c3cccc(Br)c3)CCC2)CC1=O. The van der Waals surface area contributed by atoms with Crippen LogP contribution in [0.4, 0.5) is 0 Å². The molecule has 1 N–H and O–H groups in total. The Morgan fingerprint density at radius 3 is 2.77 bits per heavy atom. The Morgan fingerprint density at radius 1 is 1.45 bits per heavy atom. The van der Waals surface area contributed by atoms with Gasteiger partial charge in [0.2, 0.25) is 11.8 Å². The van der Waals surface area contributed by atoms with Crippen LogP contribution < -0.4 is 5.32 Å². The maximum atomic E-state index is 12.6. The lowest BCUT2D eigenvalue weighted by molar-refractivity contribution is -0.130. The summed E-state index contributed by atoms with van der Waals surface area (Å²) in [6.45, 7) is 3.18. The standard InChI is InChI=1S/C17H21BrN2O2/c1-2-20-11-12(9-15(20)21)16(22)19-17(7-4-8-17)13-5-3-6-14(18)10-13/h3,5-6,10,12H,2,4,7-9,11H2,1H3,(H,19,22). The van der Waals surface area contributed by atoms with Crippen LogP contribution in [0.15, 0.2) is 28.7 Å². The van der Waals surface area contributed by atoms with E-state index in [1.807, 2.05) is 19.1 Å². The van der Waals surface area contributed by atoms with Gasteiger partial charge in [0.15, 0.2) is 0 Å². The van der Waals surface area contributed by atoms with E-state index in [0.717, 1.165) is 29.3 Å². The van der Waals surface area contributed by atoms with Gasteiger partial charge in [-0.3, -0.25) is 9.59 Å². The zero-order chi connectivity index (χ0) is 15.7. The van der Waals surface area contributed by atoms with E-state index in [1.165, 1.54) is 0 Å². The van der Waals surface area contributed by atoms with E-state index >= 15 is 0 Å². The van der Waals surface area contributed by atoms with Crippen LogP contribution in [0.5, 0.6) is 0 Å². The minimum Gasteiger partial charge on any atom is -0.346 e. The van der Waals surface area contributed by atoms with Gasteiger partial charge in [-0.25, -0.2) is 0 Å². The summed E-state index contributed by atoms with van der Waals surface area (Å²) in [7, 11) is 0.